The number of hydrogen-bond donors (Lipinski definition) is 0. The zero-order chi connectivity index (χ0) is 24.8. The number of hydrogen-bond acceptors (Lipinski definition) is 5. The van der Waals surface area contributed by atoms with E-state index in [9.17, 15) is 9.59 Å². The molecular weight excluding hydrogens is 466 g/mol. The lowest BCUT2D eigenvalue weighted by atomic mass is 9.77. The summed E-state index contributed by atoms with van der Waals surface area (Å²) in [4.78, 5) is 32.8. The average Bonchev–Trinajstić information content (AvgIpc) is 2.88. The maximum absolute atomic E-state index is 13.4. The van der Waals surface area contributed by atoms with E-state index in [1.165, 1.54) is 0 Å². The van der Waals surface area contributed by atoms with Gasteiger partial charge in [0.2, 0.25) is 5.91 Å². The molecule has 1 atom stereocenters. The number of rotatable bonds is 7. The molecule has 0 bridgehead atoms. The summed E-state index contributed by atoms with van der Waals surface area (Å²) in [7, 11) is 3.67. The molecule has 2 aliphatic heterocycles. The average molecular weight is 500 g/mol. The van der Waals surface area contributed by atoms with Crippen molar-refractivity contribution in [3.8, 4) is 11.5 Å². The molecule has 2 fully saturated rings. The summed E-state index contributed by atoms with van der Waals surface area (Å²) in [5.41, 5.74) is 0.122. The van der Waals surface area contributed by atoms with E-state index in [0.717, 1.165) is 39.0 Å². The van der Waals surface area contributed by atoms with Gasteiger partial charge in [0, 0.05) is 61.7 Å². The Kier molecular flexibility index (Phi) is 8.19. The van der Waals surface area contributed by atoms with Crippen LogP contribution in [0.2, 0.25) is 5.02 Å². The molecule has 35 heavy (non-hydrogen) atoms. The summed E-state index contributed by atoms with van der Waals surface area (Å²) in [5.74, 6) is 1.44. The second kappa shape index (κ2) is 11.3. The van der Waals surface area contributed by atoms with E-state index in [1.54, 1.807) is 31.4 Å². The number of carbonyl (C=O) groups excluding carboxylic acids is 2. The minimum absolute atomic E-state index is 0.0495. The van der Waals surface area contributed by atoms with Gasteiger partial charge in [0.15, 0.2) is 0 Å². The smallest absolute Gasteiger partial charge is 0.254 e. The predicted molar refractivity (Wildman–Crippen MR) is 136 cm³/mol. The number of nitrogens with zero attached hydrogens (tertiary/aromatic N) is 3. The third-order valence-corrected chi connectivity index (χ3v) is 7.26. The van der Waals surface area contributed by atoms with E-state index in [-0.39, 0.29) is 11.8 Å². The maximum Gasteiger partial charge on any atom is 0.254 e. The van der Waals surface area contributed by atoms with Crippen molar-refractivity contribution in [2.45, 2.75) is 19.3 Å². The third-order valence-electron chi connectivity index (χ3n) is 7.01. The molecule has 8 heteroatoms. The Morgan fingerprint density at radius 3 is 2.43 bits per heavy atom. The van der Waals surface area contributed by atoms with Crippen LogP contribution in [0, 0.1) is 5.41 Å². The molecule has 0 spiro atoms. The molecule has 0 aromatic heterocycles. The number of likely N-dealkylation sites (tertiary alicyclic amines) is 1. The molecule has 4 rings (SSSR count). The van der Waals surface area contributed by atoms with Crippen molar-refractivity contribution in [2.24, 2.45) is 5.41 Å². The van der Waals surface area contributed by atoms with Crippen LogP contribution in [0.1, 0.15) is 29.6 Å². The zero-order valence-corrected chi connectivity index (χ0v) is 21.3. The van der Waals surface area contributed by atoms with E-state index in [1.807, 2.05) is 34.1 Å². The first kappa shape index (κ1) is 25.3. The van der Waals surface area contributed by atoms with Crippen molar-refractivity contribution >= 4 is 23.4 Å². The van der Waals surface area contributed by atoms with E-state index in [4.69, 9.17) is 21.1 Å². The third kappa shape index (κ3) is 6.47. The van der Waals surface area contributed by atoms with Gasteiger partial charge in [0.05, 0.1) is 13.7 Å². The Hall–Kier alpha value is -2.77. The van der Waals surface area contributed by atoms with Gasteiger partial charge in [-0.15, -0.1) is 0 Å². The van der Waals surface area contributed by atoms with Crippen molar-refractivity contribution in [3.05, 3.63) is 59.1 Å². The molecule has 2 heterocycles. The number of piperazine rings is 1. The zero-order valence-electron chi connectivity index (χ0n) is 20.5. The van der Waals surface area contributed by atoms with E-state index in [0.29, 0.717) is 48.2 Å². The summed E-state index contributed by atoms with van der Waals surface area (Å²) in [6, 6.07) is 14.5. The lowest BCUT2D eigenvalue weighted by Crippen LogP contribution is -2.53. The molecule has 2 aromatic carbocycles. The van der Waals surface area contributed by atoms with E-state index < -0.39 is 5.41 Å². The van der Waals surface area contributed by atoms with Crippen LogP contribution in [0.25, 0.3) is 0 Å². The molecule has 2 aliphatic rings. The minimum atomic E-state index is -0.465. The highest BCUT2D eigenvalue weighted by molar-refractivity contribution is 6.30. The summed E-state index contributed by atoms with van der Waals surface area (Å²) in [6.45, 7) is 4.69. The number of benzene rings is 2. The van der Waals surface area contributed by atoms with Crippen molar-refractivity contribution in [1.82, 2.24) is 14.7 Å². The predicted octanol–water partition coefficient (Wildman–Crippen LogP) is 3.81. The van der Waals surface area contributed by atoms with Gasteiger partial charge in [-0.05, 0) is 62.4 Å². The fraction of sp³-hybridized carbons (Fsp3) is 0.481. The Morgan fingerprint density at radius 2 is 1.71 bits per heavy atom. The largest absolute Gasteiger partial charge is 0.497 e. The number of methoxy groups -OCH3 is 1. The monoisotopic (exact) mass is 499 g/mol. The van der Waals surface area contributed by atoms with Crippen molar-refractivity contribution in [3.63, 3.8) is 0 Å². The van der Waals surface area contributed by atoms with Crippen LogP contribution >= 0.6 is 11.6 Å². The van der Waals surface area contributed by atoms with Gasteiger partial charge in [-0.2, -0.15) is 0 Å². The standard InChI is InChI=1S/C27H34ClN3O4/c1-29-13-15-30(16-14-29)25(32)18-27(20-35-23-9-7-22(28)8-10-23)11-4-12-31(19-27)26(33)21-5-3-6-24(17-21)34-2/h3,5-10,17H,4,11-16,18-20H2,1-2H3/t27-/m0/s1. The van der Waals surface area contributed by atoms with Crippen LogP contribution in [0.4, 0.5) is 0 Å². The molecule has 2 aromatic rings. The number of carbonyl (C=O) groups is 2. The Labute approximate surface area is 212 Å². The van der Waals surface area contributed by atoms with Crippen LogP contribution in [-0.2, 0) is 4.79 Å². The van der Waals surface area contributed by atoms with Crippen molar-refractivity contribution in [2.75, 3.05) is 60.0 Å². The quantitative estimate of drug-likeness (QED) is 0.579. The van der Waals surface area contributed by atoms with Gasteiger partial charge >= 0.3 is 0 Å². The molecule has 0 unspecified atom stereocenters. The molecule has 0 N–H and O–H groups in total. The summed E-state index contributed by atoms with van der Waals surface area (Å²) < 4.78 is 11.5. The van der Waals surface area contributed by atoms with E-state index >= 15 is 0 Å². The minimum Gasteiger partial charge on any atom is -0.497 e. The molecular formula is C27H34ClN3O4. The highest BCUT2D eigenvalue weighted by Crippen LogP contribution is 2.36. The van der Waals surface area contributed by atoms with Gasteiger partial charge in [-0.3, -0.25) is 9.59 Å². The Balaban J connectivity index is 1.52. The van der Waals surface area contributed by atoms with Gasteiger partial charge in [0.25, 0.3) is 5.91 Å². The van der Waals surface area contributed by atoms with Gasteiger partial charge in [-0.1, -0.05) is 17.7 Å². The van der Waals surface area contributed by atoms with Crippen molar-refractivity contribution in [1.29, 1.82) is 0 Å². The van der Waals surface area contributed by atoms with Crippen molar-refractivity contribution < 1.29 is 19.1 Å². The number of piperidine rings is 1. The van der Waals surface area contributed by atoms with Crippen LogP contribution in [0.3, 0.4) is 0 Å². The SMILES string of the molecule is COc1cccc(C(=O)N2CCC[C@](COc3ccc(Cl)cc3)(CC(=O)N3CCN(C)CC3)C2)c1. The summed E-state index contributed by atoms with van der Waals surface area (Å²) in [5, 5.41) is 0.644. The number of likely N-dealkylation sites (N-methyl/N-ethyl adjacent to an activating group) is 1. The lowest BCUT2D eigenvalue weighted by molar-refractivity contribution is -0.137. The van der Waals surface area contributed by atoms with E-state index in [2.05, 4.69) is 11.9 Å². The summed E-state index contributed by atoms with van der Waals surface area (Å²) >= 11 is 6.02. The second-order valence-corrected chi connectivity index (χ2v) is 10.1. The number of halogens is 1. The first-order chi connectivity index (χ1) is 16.9. The van der Waals surface area contributed by atoms with Crippen LogP contribution < -0.4 is 9.47 Å². The maximum atomic E-state index is 13.4. The molecule has 7 nitrogen and oxygen atoms in total. The molecule has 2 saturated heterocycles. The van der Waals surface area contributed by atoms with Crippen LogP contribution in [0.15, 0.2) is 48.5 Å². The van der Waals surface area contributed by atoms with Gasteiger partial charge < -0.3 is 24.2 Å². The molecule has 0 saturated carbocycles. The fourth-order valence-electron chi connectivity index (χ4n) is 4.89. The van der Waals surface area contributed by atoms with Crippen LogP contribution in [0.5, 0.6) is 11.5 Å². The lowest BCUT2D eigenvalue weighted by Gasteiger charge is -2.43. The molecule has 0 aliphatic carbocycles. The Bertz CT molecular complexity index is 1020. The number of ether oxygens (including phenoxy) is 2. The highest BCUT2D eigenvalue weighted by atomic mass is 35.5. The Morgan fingerprint density at radius 1 is 0.971 bits per heavy atom. The number of amides is 2. The molecule has 2 amide bonds. The second-order valence-electron chi connectivity index (χ2n) is 9.67. The summed E-state index contributed by atoms with van der Waals surface area (Å²) in [6.07, 6.45) is 1.99. The molecule has 188 valence electrons. The van der Waals surface area contributed by atoms with Gasteiger partial charge in [-0.25, -0.2) is 0 Å². The first-order valence-electron chi connectivity index (χ1n) is 12.2. The highest BCUT2D eigenvalue weighted by Gasteiger charge is 2.41. The first-order valence-corrected chi connectivity index (χ1v) is 12.5. The normalized spacial score (nSPS) is 21.0. The topological polar surface area (TPSA) is 62.3 Å². The fourth-order valence-corrected chi connectivity index (χ4v) is 5.01. The van der Waals surface area contributed by atoms with Gasteiger partial charge in [0.1, 0.15) is 11.5 Å². The van der Waals surface area contributed by atoms with Crippen LogP contribution in [-0.4, -0.2) is 86.5 Å². The molecule has 0 radical (unpaired) electrons.